The van der Waals surface area contributed by atoms with E-state index in [-0.39, 0.29) is 17.6 Å². The fourth-order valence-electron chi connectivity index (χ4n) is 2.22. The molecular formula is C16H22N4O3S. The van der Waals surface area contributed by atoms with Crippen LogP contribution < -0.4 is 10.6 Å². The number of nitrogens with one attached hydrogen (secondary N) is 2. The molecule has 0 spiro atoms. The number of carbonyl (C=O) groups is 2. The SMILES string of the molecule is CCC(CC)c1nnc(NC(=O)CCCNC(=O)c2ccco2)s1. The maximum Gasteiger partial charge on any atom is 0.286 e. The van der Waals surface area contributed by atoms with Crippen LogP contribution >= 0.6 is 11.3 Å². The number of hydrogen-bond acceptors (Lipinski definition) is 6. The van der Waals surface area contributed by atoms with Gasteiger partial charge in [-0.1, -0.05) is 25.2 Å². The van der Waals surface area contributed by atoms with Crippen molar-refractivity contribution >= 4 is 28.3 Å². The van der Waals surface area contributed by atoms with E-state index in [2.05, 4.69) is 34.7 Å². The minimum Gasteiger partial charge on any atom is -0.459 e. The lowest BCUT2D eigenvalue weighted by atomic mass is 10.1. The lowest BCUT2D eigenvalue weighted by molar-refractivity contribution is -0.116. The Kier molecular flexibility index (Phi) is 6.92. The van der Waals surface area contributed by atoms with Gasteiger partial charge in [0.05, 0.1) is 6.26 Å². The van der Waals surface area contributed by atoms with Crippen molar-refractivity contribution in [3.05, 3.63) is 29.2 Å². The van der Waals surface area contributed by atoms with Crippen molar-refractivity contribution in [1.82, 2.24) is 15.5 Å². The Balaban J connectivity index is 1.69. The Morgan fingerprint density at radius 1 is 1.29 bits per heavy atom. The highest BCUT2D eigenvalue weighted by molar-refractivity contribution is 7.15. The van der Waals surface area contributed by atoms with Gasteiger partial charge in [0.2, 0.25) is 11.0 Å². The second kappa shape index (κ2) is 9.17. The molecule has 24 heavy (non-hydrogen) atoms. The zero-order chi connectivity index (χ0) is 17.4. The number of nitrogens with zero attached hydrogens (tertiary/aromatic N) is 2. The van der Waals surface area contributed by atoms with E-state index in [0.29, 0.717) is 30.4 Å². The van der Waals surface area contributed by atoms with Crippen LogP contribution in [0.25, 0.3) is 0 Å². The first kappa shape index (κ1) is 18.1. The Labute approximate surface area is 144 Å². The summed E-state index contributed by atoms with van der Waals surface area (Å²) in [4.78, 5) is 23.5. The first-order valence-corrected chi connectivity index (χ1v) is 8.90. The van der Waals surface area contributed by atoms with E-state index >= 15 is 0 Å². The van der Waals surface area contributed by atoms with Crippen LogP contribution in [0.5, 0.6) is 0 Å². The summed E-state index contributed by atoms with van der Waals surface area (Å²) in [6.45, 7) is 4.64. The summed E-state index contributed by atoms with van der Waals surface area (Å²) in [5, 5.41) is 15.1. The normalized spacial score (nSPS) is 10.8. The van der Waals surface area contributed by atoms with E-state index < -0.39 is 0 Å². The van der Waals surface area contributed by atoms with Crippen LogP contribution in [0.3, 0.4) is 0 Å². The molecule has 2 heterocycles. The number of anilines is 1. The van der Waals surface area contributed by atoms with Gasteiger partial charge in [-0.2, -0.15) is 0 Å². The number of rotatable bonds is 9. The van der Waals surface area contributed by atoms with Gasteiger partial charge in [0.15, 0.2) is 5.76 Å². The molecule has 0 saturated heterocycles. The van der Waals surface area contributed by atoms with E-state index in [1.165, 1.54) is 17.6 Å². The van der Waals surface area contributed by atoms with Crippen molar-refractivity contribution in [2.75, 3.05) is 11.9 Å². The number of furan rings is 1. The molecule has 130 valence electrons. The van der Waals surface area contributed by atoms with Crippen molar-refractivity contribution in [2.45, 2.75) is 45.4 Å². The number of hydrogen-bond donors (Lipinski definition) is 2. The molecule has 2 N–H and O–H groups in total. The number of carbonyl (C=O) groups excluding carboxylic acids is 2. The highest BCUT2D eigenvalue weighted by Gasteiger charge is 2.14. The molecule has 0 aromatic carbocycles. The van der Waals surface area contributed by atoms with E-state index in [1.54, 1.807) is 12.1 Å². The molecule has 0 fully saturated rings. The van der Waals surface area contributed by atoms with Gasteiger partial charge in [-0.25, -0.2) is 0 Å². The molecule has 2 amide bonds. The van der Waals surface area contributed by atoms with Crippen molar-refractivity contribution in [3.63, 3.8) is 0 Å². The lowest BCUT2D eigenvalue weighted by Crippen LogP contribution is -2.25. The molecule has 0 bridgehead atoms. The second-order valence-corrected chi connectivity index (χ2v) is 6.35. The molecule has 0 radical (unpaired) electrons. The highest BCUT2D eigenvalue weighted by atomic mass is 32.1. The Hall–Kier alpha value is -2.22. The Morgan fingerprint density at radius 2 is 2.08 bits per heavy atom. The third-order valence-electron chi connectivity index (χ3n) is 3.63. The van der Waals surface area contributed by atoms with Crippen LogP contribution in [0.4, 0.5) is 5.13 Å². The van der Waals surface area contributed by atoms with Gasteiger partial charge in [0.1, 0.15) is 5.01 Å². The largest absolute Gasteiger partial charge is 0.459 e. The van der Waals surface area contributed by atoms with Crippen LogP contribution in [0.1, 0.15) is 61.0 Å². The molecule has 0 aliphatic rings. The predicted molar refractivity (Wildman–Crippen MR) is 92.1 cm³/mol. The quantitative estimate of drug-likeness (QED) is 0.677. The average Bonchev–Trinajstić information content (AvgIpc) is 3.25. The Morgan fingerprint density at radius 3 is 2.75 bits per heavy atom. The lowest BCUT2D eigenvalue weighted by Gasteiger charge is -2.06. The van der Waals surface area contributed by atoms with Crippen LogP contribution in [-0.4, -0.2) is 28.6 Å². The third-order valence-corrected chi connectivity index (χ3v) is 4.63. The third kappa shape index (κ3) is 5.16. The van der Waals surface area contributed by atoms with E-state index in [1.807, 2.05) is 0 Å². The molecule has 7 nitrogen and oxygen atoms in total. The first-order valence-electron chi connectivity index (χ1n) is 8.09. The van der Waals surface area contributed by atoms with Crippen molar-refractivity contribution in [3.8, 4) is 0 Å². The first-order chi connectivity index (χ1) is 11.6. The highest BCUT2D eigenvalue weighted by Crippen LogP contribution is 2.28. The van der Waals surface area contributed by atoms with Gasteiger partial charge in [0.25, 0.3) is 5.91 Å². The molecule has 0 saturated carbocycles. The second-order valence-electron chi connectivity index (χ2n) is 5.34. The van der Waals surface area contributed by atoms with E-state index in [0.717, 1.165) is 17.8 Å². The fraction of sp³-hybridized carbons (Fsp3) is 0.500. The van der Waals surface area contributed by atoms with Crippen molar-refractivity contribution in [1.29, 1.82) is 0 Å². The molecule has 2 rings (SSSR count). The van der Waals surface area contributed by atoms with Crippen LogP contribution in [-0.2, 0) is 4.79 Å². The van der Waals surface area contributed by atoms with Gasteiger partial charge >= 0.3 is 0 Å². The van der Waals surface area contributed by atoms with Gasteiger partial charge < -0.3 is 15.1 Å². The average molecular weight is 350 g/mol. The molecule has 0 atom stereocenters. The summed E-state index contributed by atoms with van der Waals surface area (Å²) >= 11 is 1.42. The minimum absolute atomic E-state index is 0.130. The monoisotopic (exact) mass is 350 g/mol. The molecule has 0 unspecified atom stereocenters. The summed E-state index contributed by atoms with van der Waals surface area (Å²) < 4.78 is 4.99. The molecule has 2 aromatic rings. The van der Waals surface area contributed by atoms with Gasteiger partial charge in [-0.05, 0) is 31.4 Å². The molecular weight excluding hydrogens is 328 g/mol. The zero-order valence-electron chi connectivity index (χ0n) is 13.9. The summed E-state index contributed by atoms with van der Waals surface area (Å²) in [5.41, 5.74) is 0. The maximum atomic E-state index is 11.9. The van der Waals surface area contributed by atoms with E-state index in [9.17, 15) is 9.59 Å². The zero-order valence-corrected chi connectivity index (χ0v) is 14.7. The van der Waals surface area contributed by atoms with Gasteiger partial charge in [-0.15, -0.1) is 10.2 Å². The molecule has 8 heteroatoms. The number of amides is 2. The van der Waals surface area contributed by atoms with Crippen molar-refractivity contribution in [2.24, 2.45) is 0 Å². The summed E-state index contributed by atoms with van der Waals surface area (Å²) in [6.07, 6.45) is 4.30. The smallest absolute Gasteiger partial charge is 0.286 e. The van der Waals surface area contributed by atoms with E-state index in [4.69, 9.17) is 4.42 Å². The Bertz CT molecular complexity index is 650. The van der Waals surface area contributed by atoms with Gasteiger partial charge in [0, 0.05) is 18.9 Å². The molecule has 0 aliphatic heterocycles. The van der Waals surface area contributed by atoms with Crippen molar-refractivity contribution < 1.29 is 14.0 Å². The van der Waals surface area contributed by atoms with Crippen LogP contribution in [0, 0.1) is 0 Å². The molecule has 2 aromatic heterocycles. The predicted octanol–water partition coefficient (Wildman–Crippen LogP) is 3.18. The maximum absolute atomic E-state index is 11.9. The van der Waals surface area contributed by atoms with Crippen LogP contribution in [0.15, 0.2) is 22.8 Å². The van der Waals surface area contributed by atoms with Gasteiger partial charge in [-0.3, -0.25) is 9.59 Å². The summed E-state index contributed by atoms with van der Waals surface area (Å²) in [7, 11) is 0. The topological polar surface area (TPSA) is 97.1 Å². The minimum atomic E-state index is -0.278. The fourth-order valence-corrected chi connectivity index (χ4v) is 3.24. The summed E-state index contributed by atoms with van der Waals surface area (Å²) in [6, 6.07) is 3.25. The molecule has 0 aliphatic carbocycles. The van der Waals surface area contributed by atoms with Crippen LogP contribution in [0.2, 0.25) is 0 Å². The standard InChI is InChI=1S/C16H22N4O3S/c1-3-11(4-2)15-19-20-16(24-15)18-13(21)8-5-9-17-14(22)12-7-6-10-23-12/h6-7,10-11H,3-5,8-9H2,1-2H3,(H,17,22)(H,18,20,21). The number of aromatic nitrogens is 2. The summed E-state index contributed by atoms with van der Waals surface area (Å²) in [5.74, 6) is 0.251.